The van der Waals surface area contributed by atoms with Crippen molar-refractivity contribution in [3.63, 3.8) is 0 Å². The van der Waals surface area contributed by atoms with Crippen LogP contribution in [0.25, 0.3) is 0 Å². The quantitative estimate of drug-likeness (QED) is 0.577. The lowest BCUT2D eigenvalue weighted by Crippen LogP contribution is -2.37. The van der Waals surface area contributed by atoms with E-state index >= 15 is 0 Å². The first kappa shape index (κ1) is 20.9. The zero-order chi connectivity index (χ0) is 20.6. The highest BCUT2D eigenvalue weighted by molar-refractivity contribution is 7.10. The first-order valence-electron chi connectivity index (χ1n) is 9.38. The predicted octanol–water partition coefficient (Wildman–Crippen LogP) is 4.10. The van der Waals surface area contributed by atoms with E-state index in [1.54, 1.807) is 25.6 Å². The zero-order valence-corrected chi connectivity index (χ0v) is 17.7. The highest BCUT2D eigenvalue weighted by atomic mass is 32.1. The van der Waals surface area contributed by atoms with Crippen LogP contribution in [0.15, 0.2) is 66.0 Å². The summed E-state index contributed by atoms with van der Waals surface area (Å²) in [6.07, 6.45) is 0. The Labute approximate surface area is 175 Å². The molecule has 0 fully saturated rings. The van der Waals surface area contributed by atoms with E-state index in [-0.39, 0.29) is 11.9 Å². The fourth-order valence-electron chi connectivity index (χ4n) is 3.22. The monoisotopic (exact) mass is 410 g/mol. The number of ether oxygens (including phenoxy) is 2. The summed E-state index contributed by atoms with van der Waals surface area (Å²) in [5, 5.41) is 5.21. The molecule has 2 aromatic carbocycles. The van der Waals surface area contributed by atoms with E-state index in [0.29, 0.717) is 24.6 Å². The third kappa shape index (κ3) is 5.59. The Morgan fingerprint density at radius 1 is 1.03 bits per heavy atom. The number of carbonyl (C=O) groups excluding carboxylic acids is 1. The molecule has 0 unspecified atom stereocenters. The van der Waals surface area contributed by atoms with Gasteiger partial charge < -0.3 is 14.8 Å². The number of nitrogens with zero attached hydrogens (tertiary/aromatic N) is 1. The van der Waals surface area contributed by atoms with E-state index in [4.69, 9.17) is 9.47 Å². The van der Waals surface area contributed by atoms with Crippen LogP contribution in [0.4, 0.5) is 0 Å². The van der Waals surface area contributed by atoms with Crippen LogP contribution in [0.1, 0.15) is 22.0 Å². The second kappa shape index (κ2) is 10.1. The Balaban J connectivity index is 1.64. The highest BCUT2D eigenvalue weighted by Crippen LogP contribution is 2.28. The molecule has 0 saturated carbocycles. The first-order chi connectivity index (χ1) is 14.1. The number of amides is 1. The smallest absolute Gasteiger partial charge is 0.234 e. The van der Waals surface area contributed by atoms with Gasteiger partial charge in [0.15, 0.2) is 11.5 Å². The maximum absolute atomic E-state index is 12.8. The number of likely N-dealkylation sites (N-methyl/N-ethyl adjacent to an activating group) is 1. The molecule has 1 aromatic heterocycles. The Hall–Kier alpha value is -2.83. The second-order valence-corrected chi connectivity index (χ2v) is 7.77. The van der Waals surface area contributed by atoms with Gasteiger partial charge in [-0.1, -0.05) is 42.5 Å². The van der Waals surface area contributed by atoms with Crippen LogP contribution < -0.4 is 14.8 Å². The summed E-state index contributed by atoms with van der Waals surface area (Å²) in [6, 6.07) is 19.8. The highest BCUT2D eigenvalue weighted by Gasteiger charge is 2.18. The van der Waals surface area contributed by atoms with E-state index in [1.807, 2.05) is 71.9 Å². The van der Waals surface area contributed by atoms with E-state index in [1.165, 1.54) is 0 Å². The molecule has 0 bridgehead atoms. The van der Waals surface area contributed by atoms with Crippen LogP contribution in [-0.2, 0) is 11.3 Å². The summed E-state index contributed by atoms with van der Waals surface area (Å²) in [5.74, 6) is 1.36. The summed E-state index contributed by atoms with van der Waals surface area (Å²) < 4.78 is 10.6. The number of nitrogens with one attached hydrogen (secondary N) is 1. The van der Waals surface area contributed by atoms with Crippen molar-refractivity contribution >= 4 is 17.2 Å². The molecule has 3 aromatic rings. The maximum atomic E-state index is 12.8. The van der Waals surface area contributed by atoms with Crippen LogP contribution in [0.2, 0.25) is 0 Å². The summed E-state index contributed by atoms with van der Waals surface area (Å²) in [7, 11) is 5.16. The molecule has 0 aliphatic rings. The molecule has 0 saturated heterocycles. The lowest BCUT2D eigenvalue weighted by atomic mass is 10.1. The van der Waals surface area contributed by atoms with Crippen molar-refractivity contribution in [1.82, 2.24) is 10.2 Å². The standard InChI is InChI=1S/C23H26N2O3S/c1-25(15-17-11-12-19(27-2)20(14-17)28-3)16-22(26)24-23(21-10-7-13-29-21)18-8-5-4-6-9-18/h4-14,23H,15-16H2,1-3H3,(H,24,26)/t23-/m1/s1. The predicted molar refractivity (Wildman–Crippen MR) is 117 cm³/mol. The van der Waals surface area contributed by atoms with E-state index in [2.05, 4.69) is 11.4 Å². The molecule has 0 aliphatic carbocycles. The molecule has 0 radical (unpaired) electrons. The number of rotatable bonds is 9. The molecule has 29 heavy (non-hydrogen) atoms. The maximum Gasteiger partial charge on any atom is 0.234 e. The Morgan fingerprint density at radius 3 is 2.45 bits per heavy atom. The van der Waals surface area contributed by atoms with Crippen molar-refractivity contribution < 1.29 is 14.3 Å². The molecule has 1 atom stereocenters. The average molecular weight is 411 g/mol. The summed E-state index contributed by atoms with van der Waals surface area (Å²) in [6.45, 7) is 0.922. The van der Waals surface area contributed by atoms with Crippen molar-refractivity contribution in [3.05, 3.63) is 82.0 Å². The number of carbonyl (C=O) groups is 1. The van der Waals surface area contributed by atoms with Crippen molar-refractivity contribution in [1.29, 1.82) is 0 Å². The molecule has 1 N–H and O–H groups in total. The Kier molecular flexibility index (Phi) is 7.27. The molecule has 0 spiro atoms. The minimum Gasteiger partial charge on any atom is -0.493 e. The number of methoxy groups -OCH3 is 2. The van der Waals surface area contributed by atoms with Gasteiger partial charge in [0, 0.05) is 11.4 Å². The van der Waals surface area contributed by atoms with E-state index in [9.17, 15) is 4.79 Å². The van der Waals surface area contributed by atoms with Crippen molar-refractivity contribution in [2.24, 2.45) is 0 Å². The summed E-state index contributed by atoms with van der Waals surface area (Å²) >= 11 is 1.64. The van der Waals surface area contributed by atoms with Crippen LogP contribution in [0.3, 0.4) is 0 Å². The number of benzene rings is 2. The zero-order valence-electron chi connectivity index (χ0n) is 16.9. The molecular formula is C23H26N2O3S. The van der Waals surface area contributed by atoms with E-state index < -0.39 is 0 Å². The molecule has 5 nitrogen and oxygen atoms in total. The van der Waals surface area contributed by atoms with Crippen molar-refractivity contribution in [2.45, 2.75) is 12.6 Å². The minimum absolute atomic E-state index is 0.0183. The van der Waals surface area contributed by atoms with Crippen LogP contribution >= 0.6 is 11.3 Å². The second-order valence-electron chi connectivity index (χ2n) is 6.79. The molecule has 6 heteroatoms. The molecule has 0 aliphatic heterocycles. The summed E-state index contributed by atoms with van der Waals surface area (Å²) in [4.78, 5) is 15.9. The Morgan fingerprint density at radius 2 is 1.79 bits per heavy atom. The normalized spacial score (nSPS) is 11.9. The fraction of sp³-hybridized carbons (Fsp3) is 0.261. The first-order valence-corrected chi connectivity index (χ1v) is 10.3. The Bertz CT molecular complexity index is 913. The van der Waals surface area contributed by atoms with Gasteiger partial charge >= 0.3 is 0 Å². The third-order valence-electron chi connectivity index (χ3n) is 4.58. The van der Waals surface area contributed by atoms with Gasteiger partial charge in [-0.25, -0.2) is 0 Å². The average Bonchev–Trinajstić information content (AvgIpc) is 3.27. The van der Waals surface area contributed by atoms with Gasteiger partial charge in [-0.05, 0) is 41.8 Å². The van der Waals surface area contributed by atoms with Gasteiger partial charge in [0.25, 0.3) is 0 Å². The lowest BCUT2D eigenvalue weighted by Gasteiger charge is -2.21. The van der Waals surface area contributed by atoms with Gasteiger partial charge in [0.1, 0.15) is 0 Å². The van der Waals surface area contributed by atoms with Crippen molar-refractivity contribution in [3.8, 4) is 11.5 Å². The molecule has 1 heterocycles. The summed E-state index contributed by atoms with van der Waals surface area (Å²) in [5.41, 5.74) is 2.13. The largest absolute Gasteiger partial charge is 0.493 e. The number of thiophene rings is 1. The van der Waals surface area contributed by atoms with Gasteiger partial charge in [-0.2, -0.15) is 0 Å². The van der Waals surface area contributed by atoms with Crippen molar-refractivity contribution in [2.75, 3.05) is 27.8 Å². The van der Waals surface area contributed by atoms with Gasteiger partial charge in [0.2, 0.25) is 5.91 Å². The van der Waals surface area contributed by atoms with Crippen LogP contribution in [0.5, 0.6) is 11.5 Å². The topological polar surface area (TPSA) is 50.8 Å². The SMILES string of the molecule is COc1ccc(CN(C)CC(=O)N[C@H](c2ccccc2)c2cccs2)cc1OC. The third-order valence-corrected chi connectivity index (χ3v) is 5.52. The van der Waals surface area contributed by atoms with Crippen LogP contribution in [-0.4, -0.2) is 38.6 Å². The lowest BCUT2D eigenvalue weighted by molar-refractivity contribution is -0.122. The molecular weight excluding hydrogens is 384 g/mol. The molecule has 3 rings (SSSR count). The van der Waals surface area contributed by atoms with E-state index in [0.717, 1.165) is 16.0 Å². The molecule has 1 amide bonds. The van der Waals surface area contributed by atoms with Crippen LogP contribution in [0, 0.1) is 0 Å². The van der Waals surface area contributed by atoms with Gasteiger partial charge in [0.05, 0.1) is 26.8 Å². The van der Waals surface area contributed by atoms with Gasteiger partial charge in [-0.3, -0.25) is 9.69 Å². The number of hydrogen-bond donors (Lipinski definition) is 1. The molecule has 152 valence electrons. The minimum atomic E-state index is -0.141. The fourth-order valence-corrected chi connectivity index (χ4v) is 4.02. The number of hydrogen-bond acceptors (Lipinski definition) is 5. The van der Waals surface area contributed by atoms with Gasteiger partial charge in [-0.15, -0.1) is 11.3 Å².